The Kier molecular flexibility index (Phi) is 11.1. The molecule has 0 bridgehead atoms. The topological polar surface area (TPSA) is 64.4 Å². The number of ether oxygens (including phenoxy) is 1. The van der Waals surface area contributed by atoms with E-state index in [9.17, 15) is 4.79 Å². The maximum atomic E-state index is 11.8. The van der Waals surface area contributed by atoms with Gasteiger partial charge >= 0.3 is 0 Å². The van der Waals surface area contributed by atoms with Crippen LogP contribution in [0.1, 0.15) is 52.4 Å². The van der Waals surface area contributed by atoms with E-state index in [0.717, 1.165) is 19.4 Å². The molecule has 0 aromatic heterocycles. The molecule has 18 heavy (non-hydrogen) atoms. The molecular weight excluding hydrogens is 228 g/mol. The van der Waals surface area contributed by atoms with E-state index < -0.39 is 6.04 Å². The molecule has 0 aromatic carbocycles. The minimum absolute atomic E-state index is 0.0268. The van der Waals surface area contributed by atoms with Crippen molar-refractivity contribution in [2.45, 2.75) is 58.4 Å². The first-order valence-electron chi connectivity index (χ1n) is 7.17. The summed E-state index contributed by atoms with van der Waals surface area (Å²) in [4.78, 5) is 11.8. The highest BCUT2D eigenvalue weighted by atomic mass is 16.5. The van der Waals surface area contributed by atoms with Crippen molar-refractivity contribution in [3.8, 4) is 0 Å². The second-order valence-corrected chi connectivity index (χ2v) is 4.90. The van der Waals surface area contributed by atoms with Crippen molar-refractivity contribution in [2.75, 3.05) is 20.3 Å². The molecule has 0 rings (SSSR count). The second kappa shape index (κ2) is 11.5. The number of nitrogens with one attached hydrogen (secondary N) is 1. The number of hydrogen-bond donors (Lipinski definition) is 2. The fraction of sp³-hybridized carbons (Fsp3) is 0.929. The molecule has 3 N–H and O–H groups in total. The van der Waals surface area contributed by atoms with Crippen LogP contribution < -0.4 is 11.1 Å². The van der Waals surface area contributed by atoms with Gasteiger partial charge < -0.3 is 15.8 Å². The Morgan fingerprint density at radius 2 is 2.00 bits per heavy atom. The minimum atomic E-state index is -0.399. The van der Waals surface area contributed by atoms with Crippen molar-refractivity contribution in [1.29, 1.82) is 0 Å². The molecule has 108 valence electrons. The van der Waals surface area contributed by atoms with Crippen LogP contribution in [0.5, 0.6) is 0 Å². The van der Waals surface area contributed by atoms with Crippen LogP contribution in [-0.4, -0.2) is 32.2 Å². The van der Waals surface area contributed by atoms with Gasteiger partial charge in [-0.2, -0.15) is 0 Å². The Balaban J connectivity index is 3.77. The lowest BCUT2D eigenvalue weighted by Gasteiger charge is -2.17. The normalized spacial score (nSPS) is 14.2. The van der Waals surface area contributed by atoms with E-state index in [2.05, 4.69) is 19.2 Å². The van der Waals surface area contributed by atoms with Gasteiger partial charge in [0.25, 0.3) is 0 Å². The highest BCUT2D eigenvalue weighted by Crippen LogP contribution is 2.11. The Hall–Kier alpha value is -0.610. The van der Waals surface area contributed by atoms with E-state index in [1.165, 1.54) is 19.3 Å². The van der Waals surface area contributed by atoms with Gasteiger partial charge in [-0.05, 0) is 25.2 Å². The molecule has 0 aromatic rings. The summed E-state index contributed by atoms with van der Waals surface area (Å²) in [6.45, 7) is 5.78. The maximum absolute atomic E-state index is 11.8. The van der Waals surface area contributed by atoms with Gasteiger partial charge in [-0.25, -0.2) is 0 Å². The quantitative estimate of drug-likeness (QED) is 0.558. The summed E-state index contributed by atoms with van der Waals surface area (Å²) in [6.07, 6.45) is 6.25. The largest absolute Gasteiger partial charge is 0.385 e. The van der Waals surface area contributed by atoms with Gasteiger partial charge in [-0.3, -0.25) is 4.79 Å². The Labute approximate surface area is 112 Å². The first-order valence-corrected chi connectivity index (χ1v) is 7.17. The molecule has 0 radical (unpaired) electrons. The van der Waals surface area contributed by atoms with Gasteiger partial charge in [0.05, 0.1) is 6.04 Å². The zero-order valence-corrected chi connectivity index (χ0v) is 12.2. The number of rotatable bonds is 11. The van der Waals surface area contributed by atoms with E-state index in [4.69, 9.17) is 10.5 Å². The molecule has 1 amide bonds. The van der Waals surface area contributed by atoms with Crippen LogP contribution in [0.4, 0.5) is 0 Å². The van der Waals surface area contributed by atoms with Crippen LogP contribution in [0, 0.1) is 5.92 Å². The fourth-order valence-electron chi connectivity index (χ4n) is 1.90. The second-order valence-electron chi connectivity index (χ2n) is 4.90. The van der Waals surface area contributed by atoms with Crippen LogP contribution in [0.25, 0.3) is 0 Å². The Morgan fingerprint density at radius 3 is 2.56 bits per heavy atom. The van der Waals surface area contributed by atoms with E-state index in [-0.39, 0.29) is 5.91 Å². The smallest absolute Gasteiger partial charge is 0.236 e. The predicted molar refractivity (Wildman–Crippen MR) is 75.4 cm³/mol. The number of carbonyl (C=O) groups excluding carboxylic acids is 1. The minimum Gasteiger partial charge on any atom is -0.385 e. The molecule has 0 fully saturated rings. The molecule has 4 nitrogen and oxygen atoms in total. The van der Waals surface area contributed by atoms with Crippen LogP contribution >= 0.6 is 0 Å². The third-order valence-electron chi connectivity index (χ3n) is 3.31. The zero-order valence-electron chi connectivity index (χ0n) is 12.2. The highest BCUT2D eigenvalue weighted by Gasteiger charge is 2.14. The number of methoxy groups -OCH3 is 1. The number of nitrogens with two attached hydrogens (primary N) is 1. The number of amides is 1. The molecule has 0 spiro atoms. The van der Waals surface area contributed by atoms with Crippen LogP contribution in [0.3, 0.4) is 0 Å². The van der Waals surface area contributed by atoms with E-state index in [0.29, 0.717) is 18.9 Å². The molecule has 0 aliphatic rings. The van der Waals surface area contributed by atoms with Crippen molar-refractivity contribution < 1.29 is 9.53 Å². The molecule has 0 heterocycles. The van der Waals surface area contributed by atoms with Crippen molar-refractivity contribution in [2.24, 2.45) is 11.7 Å². The summed E-state index contributed by atoms with van der Waals surface area (Å²) in [7, 11) is 1.66. The molecule has 0 aliphatic carbocycles. The third-order valence-corrected chi connectivity index (χ3v) is 3.31. The van der Waals surface area contributed by atoms with Gasteiger partial charge in [-0.15, -0.1) is 0 Å². The highest BCUT2D eigenvalue weighted by molar-refractivity contribution is 5.81. The first kappa shape index (κ1) is 17.4. The van der Waals surface area contributed by atoms with Crippen LogP contribution in [-0.2, 0) is 9.53 Å². The summed E-state index contributed by atoms with van der Waals surface area (Å²) in [6, 6.07) is -0.399. The van der Waals surface area contributed by atoms with Crippen molar-refractivity contribution >= 4 is 5.91 Å². The van der Waals surface area contributed by atoms with E-state index in [1.807, 2.05) is 0 Å². The summed E-state index contributed by atoms with van der Waals surface area (Å²) in [5.74, 6) is 0.557. The molecule has 2 atom stereocenters. The van der Waals surface area contributed by atoms with Gasteiger partial charge in [0.2, 0.25) is 5.91 Å². The average molecular weight is 258 g/mol. The van der Waals surface area contributed by atoms with Crippen molar-refractivity contribution in [3.05, 3.63) is 0 Å². The Bertz CT molecular complexity index is 210. The van der Waals surface area contributed by atoms with Gasteiger partial charge in [0.15, 0.2) is 0 Å². The molecule has 0 aliphatic heterocycles. The molecular formula is C14H30N2O2. The lowest BCUT2D eigenvalue weighted by Crippen LogP contribution is -2.42. The standard InChI is InChI=1S/C14H30N2O2/c1-4-6-8-12(5-2)11-16-14(17)13(15)9-7-10-18-3/h12-13H,4-11,15H2,1-3H3,(H,16,17). The summed E-state index contributed by atoms with van der Waals surface area (Å²) in [5, 5.41) is 2.96. The molecule has 0 saturated carbocycles. The Morgan fingerprint density at radius 1 is 1.28 bits per heavy atom. The SMILES string of the molecule is CCCCC(CC)CNC(=O)C(N)CCCOC. The van der Waals surface area contributed by atoms with Crippen molar-refractivity contribution in [3.63, 3.8) is 0 Å². The lowest BCUT2D eigenvalue weighted by atomic mass is 9.99. The van der Waals surface area contributed by atoms with Gasteiger partial charge in [-0.1, -0.05) is 33.1 Å². The lowest BCUT2D eigenvalue weighted by molar-refractivity contribution is -0.122. The van der Waals surface area contributed by atoms with Gasteiger partial charge in [0, 0.05) is 20.3 Å². The van der Waals surface area contributed by atoms with E-state index in [1.54, 1.807) is 7.11 Å². The first-order chi connectivity index (χ1) is 8.65. The third kappa shape index (κ3) is 8.48. The zero-order chi connectivity index (χ0) is 13.8. The van der Waals surface area contributed by atoms with E-state index >= 15 is 0 Å². The molecule has 4 heteroatoms. The summed E-state index contributed by atoms with van der Waals surface area (Å²) in [5.41, 5.74) is 5.82. The maximum Gasteiger partial charge on any atom is 0.236 e. The average Bonchev–Trinajstić information content (AvgIpc) is 2.38. The number of hydrogen-bond acceptors (Lipinski definition) is 3. The number of carbonyl (C=O) groups is 1. The van der Waals surface area contributed by atoms with Crippen LogP contribution in [0.15, 0.2) is 0 Å². The molecule has 0 saturated heterocycles. The predicted octanol–water partition coefficient (Wildman–Crippen LogP) is 2.07. The molecule has 2 unspecified atom stereocenters. The summed E-state index contributed by atoms with van der Waals surface area (Å²) < 4.78 is 4.94. The number of unbranched alkanes of at least 4 members (excludes halogenated alkanes) is 1. The monoisotopic (exact) mass is 258 g/mol. The fourth-order valence-corrected chi connectivity index (χ4v) is 1.90. The van der Waals surface area contributed by atoms with Crippen molar-refractivity contribution in [1.82, 2.24) is 5.32 Å². The van der Waals surface area contributed by atoms with Crippen LogP contribution in [0.2, 0.25) is 0 Å². The van der Waals surface area contributed by atoms with Gasteiger partial charge in [0.1, 0.15) is 0 Å². The summed E-state index contributed by atoms with van der Waals surface area (Å²) >= 11 is 0.